The van der Waals surface area contributed by atoms with Gasteiger partial charge < -0.3 is 10.1 Å². The third-order valence-electron chi connectivity index (χ3n) is 5.01. The zero-order chi connectivity index (χ0) is 26.2. The van der Waals surface area contributed by atoms with Crippen LogP contribution in [-0.2, 0) is 16.1 Å². The van der Waals surface area contributed by atoms with Crippen LogP contribution >= 0.6 is 11.8 Å². The van der Waals surface area contributed by atoms with Crippen molar-refractivity contribution in [1.29, 1.82) is 0 Å². The number of nitrogens with zero attached hydrogens (tertiary/aromatic N) is 3. The Kier molecular flexibility index (Phi) is 8.96. The summed E-state index contributed by atoms with van der Waals surface area (Å²) in [4.78, 5) is 35.2. The van der Waals surface area contributed by atoms with Gasteiger partial charge in [0.05, 0.1) is 19.9 Å². The molecule has 11 heteroatoms. The van der Waals surface area contributed by atoms with Crippen molar-refractivity contribution in [2.75, 3.05) is 13.4 Å². The lowest BCUT2D eigenvalue weighted by Gasteiger charge is -2.24. The average molecular weight is 514 g/mol. The number of carbonyl (C=O) groups is 2. The van der Waals surface area contributed by atoms with E-state index in [1.54, 1.807) is 25.5 Å². The number of guanidine groups is 1. The molecule has 1 aromatic rings. The van der Waals surface area contributed by atoms with E-state index in [-0.39, 0.29) is 23.1 Å². The van der Waals surface area contributed by atoms with Gasteiger partial charge in [-0.25, -0.2) is 13.6 Å². The molecule has 8 nitrogen and oxygen atoms in total. The van der Waals surface area contributed by atoms with Crippen LogP contribution in [-0.4, -0.2) is 42.4 Å². The van der Waals surface area contributed by atoms with E-state index in [4.69, 9.17) is 4.74 Å². The van der Waals surface area contributed by atoms with Crippen LogP contribution in [0.2, 0.25) is 0 Å². The van der Waals surface area contributed by atoms with Gasteiger partial charge in [-0.2, -0.15) is 4.99 Å². The van der Waals surface area contributed by atoms with Crippen LogP contribution in [0.3, 0.4) is 0 Å². The fourth-order valence-corrected chi connectivity index (χ4v) is 3.93. The Hall–Kier alpha value is -3.99. The lowest BCUT2D eigenvalue weighted by atomic mass is 10.1. The quantitative estimate of drug-likeness (QED) is 0.317. The Morgan fingerprint density at radius 2 is 2.11 bits per heavy atom. The number of aliphatic imine (C=N–C) groups is 2. The number of halogens is 2. The summed E-state index contributed by atoms with van der Waals surface area (Å²) >= 11 is 1.04. The first-order valence-electron chi connectivity index (χ1n) is 10.7. The summed E-state index contributed by atoms with van der Waals surface area (Å²) in [5.41, 5.74) is 1.74. The predicted molar refractivity (Wildman–Crippen MR) is 136 cm³/mol. The van der Waals surface area contributed by atoms with Gasteiger partial charge in [0, 0.05) is 23.2 Å². The number of benzene rings is 1. The van der Waals surface area contributed by atoms with Gasteiger partial charge in [-0.05, 0) is 49.1 Å². The Morgan fingerprint density at radius 1 is 1.33 bits per heavy atom. The molecule has 1 aromatic carbocycles. The molecule has 0 fully saturated rings. The predicted octanol–water partition coefficient (Wildman–Crippen LogP) is 4.55. The SMILES string of the molecule is C=C/C=N\C=C1/NC(=O)N=C(NC2=CC=C(OC)C=C(C)C2)N(Cc2cc(F)c(F)c(SC)c2)C1=O. The molecule has 1 aliphatic heterocycles. The summed E-state index contributed by atoms with van der Waals surface area (Å²) in [6.45, 7) is 5.22. The van der Waals surface area contributed by atoms with Crippen LogP contribution in [0, 0.1) is 11.6 Å². The highest BCUT2D eigenvalue weighted by atomic mass is 32.2. The third-order valence-corrected chi connectivity index (χ3v) is 5.74. The van der Waals surface area contributed by atoms with Crippen LogP contribution in [0.5, 0.6) is 0 Å². The van der Waals surface area contributed by atoms with E-state index in [0.29, 0.717) is 23.4 Å². The number of rotatable bonds is 7. The van der Waals surface area contributed by atoms with Crippen LogP contribution in [0.25, 0.3) is 0 Å². The molecule has 1 aliphatic carbocycles. The molecule has 0 unspecified atom stereocenters. The first kappa shape index (κ1) is 26.6. The molecule has 1 heterocycles. The van der Waals surface area contributed by atoms with E-state index >= 15 is 0 Å². The van der Waals surface area contributed by atoms with Gasteiger partial charge in [0.2, 0.25) is 5.96 Å². The molecule has 0 radical (unpaired) electrons. The molecule has 0 atom stereocenters. The number of carbonyl (C=O) groups excluding carboxylic acids is 2. The van der Waals surface area contributed by atoms with Gasteiger partial charge in [-0.15, -0.1) is 11.8 Å². The summed E-state index contributed by atoms with van der Waals surface area (Å²) in [5.74, 6) is -2.12. The molecule has 3 amide bonds. The van der Waals surface area contributed by atoms with Crippen LogP contribution < -0.4 is 10.6 Å². The van der Waals surface area contributed by atoms with Gasteiger partial charge >= 0.3 is 6.03 Å². The highest BCUT2D eigenvalue weighted by Crippen LogP contribution is 2.25. The van der Waals surface area contributed by atoms with E-state index < -0.39 is 23.6 Å². The molecule has 188 valence electrons. The smallest absolute Gasteiger partial charge is 0.348 e. The Labute approximate surface area is 211 Å². The normalized spacial score (nSPS) is 17.6. The van der Waals surface area contributed by atoms with Crippen molar-refractivity contribution in [1.82, 2.24) is 15.5 Å². The van der Waals surface area contributed by atoms with Crippen molar-refractivity contribution in [3.05, 3.63) is 89.1 Å². The van der Waals surface area contributed by atoms with Gasteiger partial charge in [0.15, 0.2) is 11.6 Å². The van der Waals surface area contributed by atoms with Crippen molar-refractivity contribution in [2.24, 2.45) is 9.98 Å². The van der Waals surface area contributed by atoms with Gasteiger partial charge in [-0.1, -0.05) is 18.2 Å². The molecule has 0 saturated heterocycles. The van der Waals surface area contributed by atoms with Gasteiger partial charge in [0.25, 0.3) is 5.91 Å². The minimum absolute atomic E-state index is 0.0858. The van der Waals surface area contributed by atoms with E-state index in [2.05, 4.69) is 27.2 Å². The lowest BCUT2D eigenvalue weighted by molar-refractivity contribution is -0.124. The van der Waals surface area contributed by atoms with Crippen molar-refractivity contribution in [3.8, 4) is 0 Å². The van der Waals surface area contributed by atoms with Crippen molar-refractivity contribution in [3.63, 3.8) is 0 Å². The van der Waals surface area contributed by atoms with Crippen LogP contribution in [0.15, 0.2) is 86.8 Å². The highest BCUT2D eigenvalue weighted by molar-refractivity contribution is 7.98. The number of methoxy groups -OCH3 is 1. The number of allylic oxidation sites excluding steroid dienone is 5. The second-order valence-electron chi connectivity index (χ2n) is 7.68. The Balaban J connectivity index is 2.04. The van der Waals surface area contributed by atoms with E-state index in [1.165, 1.54) is 18.4 Å². The largest absolute Gasteiger partial charge is 0.497 e. The third kappa shape index (κ3) is 6.57. The minimum Gasteiger partial charge on any atom is -0.497 e. The topological polar surface area (TPSA) is 95.4 Å². The molecule has 0 spiro atoms. The number of hydrogen-bond acceptors (Lipinski definition) is 6. The number of amides is 3. The Morgan fingerprint density at radius 3 is 2.81 bits per heavy atom. The summed E-state index contributed by atoms with van der Waals surface area (Å²) in [6.07, 6.45) is 11.3. The fraction of sp³-hybridized carbons (Fsp3) is 0.200. The molecule has 0 aromatic heterocycles. The number of thioether (sulfide) groups is 1. The van der Waals surface area contributed by atoms with Crippen LogP contribution in [0.4, 0.5) is 13.6 Å². The van der Waals surface area contributed by atoms with Gasteiger partial charge in [-0.3, -0.25) is 20.0 Å². The van der Waals surface area contributed by atoms with E-state index in [0.717, 1.165) is 34.5 Å². The van der Waals surface area contributed by atoms with Crippen molar-refractivity contribution >= 4 is 35.9 Å². The number of hydrogen-bond donors (Lipinski definition) is 2. The maximum absolute atomic E-state index is 14.3. The highest BCUT2D eigenvalue weighted by Gasteiger charge is 2.30. The summed E-state index contributed by atoms with van der Waals surface area (Å²) < 4.78 is 33.6. The average Bonchev–Trinajstić information content (AvgIpc) is 3.09. The lowest BCUT2D eigenvalue weighted by Crippen LogP contribution is -2.44. The Bertz CT molecular complexity index is 1260. The molecule has 0 bridgehead atoms. The zero-order valence-corrected chi connectivity index (χ0v) is 20.8. The molecular formula is C25H25F2N5O3S. The van der Waals surface area contributed by atoms with E-state index in [9.17, 15) is 18.4 Å². The maximum atomic E-state index is 14.3. The summed E-state index contributed by atoms with van der Waals surface area (Å²) in [5, 5.41) is 5.45. The van der Waals surface area contributed by atoms with Gasteiger partial charge in [0.1, 0.15) is 11.5 Å². The van der Waals surface area contributed by atoms with E-state index in [1.807, 2.05) is 13.0 Å². The standard InChI is InChI=1S/C25H25F2N5O3S/c1-5-8-28-13-20-23(33)32(14-16-11-19(26)22(27)21(12-16)36-4)24(31-25(34)30-20)29-17-6-7-18(35-3)10-15(2)9-17/h5-8,10-13H,1,9,14H2,2-4H3,(H2,29,30,31,34)/b20-13-,28-8-. The van der Waals surface area contributed by atoms with Crippen molar-refractivity contribution in [2.45, 2.75) is 24.8 Å². The maximum Gasteiger partial charge on any atom is 0.348 e. The minimum atomic E-state index is -1.05. The monoisotopic (exact) mass is 513 g/mol. The molecule has 0 saturated carbocycles. The zero-order valence-electron chi connectivity index (χ0n) is 20.0. The molecule has 2 aliphatic rings. The first-order chi connectivity index (χ1) is 17.2. The number of nitrogens with one attached hydrogen (secondary N) is 2. The first-order valence-corrected chi connectivity index (χ1v) is 11.9. The second-order valence-corrected chi connectivity index (χ2v) is 8.53. The van der Waals surface area contributed by atoms with Crippen molar-refractivity contribution < 1.29 is 23.1 Å². The molecule has 36 heavy (non-hydrogen) atoms. The number of urea groups is 1. The second kappa shape index (κ2) is 12.1. The number of ether oxygens (including phenoxy) is 1. The van der Waals surface area contributed by atoms with Crippen LogP contribution in [0.1, 0.15) is 18.9 Å². The summed E-state index contributed by atoms with van der Waals surface area (Å²) in [6, 6.07) is 1.64. The molecule has 3 rings (SSSR count). The molecular weight excluding hydrogens is 488 g/mol. The summed E-state index contributed by atoms with van der Waals surface area (Å²) in [7, 11) is 1.55. The fourth-order valence-electron chi connectivity index (χ4n) is 3.38. The molecule has 2 N–H and O–H groups in total.